The van der Waals surface area contributed by atoms with Gasteiger partial charge in [-0.1, -0.05) is 37.8 Å². The standard InChI is InChI=1S/C13H23N/c1-4-9-13(6-3)10-7-8-12-14-11-5-2/h2,10,14H,4,6-9,11-12H2,1,3H3/b13-10+. The van der Waals surface area contributed by atoms with Crippen molar-refractivity contribution < 1.29 is 0 Å². The zero-order chi connectivity index (χ0) is 10.6. The van der Waals surface area contributed by atoms with E-state index < -0.39 is 0 Å². The average Bonchev–Trinajstić information content (AvgIpc) is 2.21. The predicted octanol–water partition coefficient (Wildman–Crippen LogP) is 3.13. The Morgan fingerprint density at radius 3 is 2.79 bits per heavy atom. The molecule has 0 unspecified atom stereocenters. The molecule has 0 aromatic rings. The molecule has 0 atom stereocenters. The maximum absolute atomic E-state index is 5.13. The number of rotatable bonds is 8. The minimum atomic E-state index is 0.694. The smallest absolute Gasteiger partial charge is 0.0573 e. The molecule has 14 heavy (non-hydrogen) atoms. The molecule has 0 bridgehead atoms. The van der Waals surface area contributed by atoms with Crippen molar-refractivity contribution in [3.8, 4) is 12.3 Å². The van der Waals surface area contributed by atoms with Crippen LogP contribution in [0.4, 0.5) is 0 Å². The van der Waals surface area contributed by atoms with Crippen molar-refractivity contribution in [3.63, 3.8) is 0 Å². The van der Waals surface area contributed by atoms with Gasteiger partial charge in [-0.2, -0.15) is 0 Å². The van der Waals surface area contributed by atoms with Gasteiger partial charge in [0.05, 0.1) is 6.54 Å². The second-order valence-electron chi connectivity index (χ2n) is 3.49. The third kappa shape index (κ3) is 7.89. The molecule has 0 aromatic carbocycles. The molecular weight excluding hydrogens is 170 g/mol. The highest BCUT2D eigenvalue weighted by atomic mass is 14.8. The van der Waals surface area contributed by atoms with Gasteiger partial charge in [0, 0.05) is 0 Å². The van der Waals surface area contributed by atoms with E-state index in [9.17, 15) is 0 Å². The first-order valence-electron chi connectivity index (χ1n) is 5.67. The predicted molar refractivity (Wildman–Crippen MR) is 64.2 cm³/mol. The van der Waals surface area contributed by atoms with Gasteiger partial charge >= 0.3 is 0 Å². The van der Waals surface area contributed by atoms with E-state index in [0.717, 1.165) is 6.54 Å². The Kier molecular flexibility index (Phi) is 9.79. The van der Waals surface area contributed by atoms with Crippen LogP contribution in [0.2, 0.25) is 0 Å². The molecule has 0 rings (SSSR count). The summed E-state index contributed by atoms with van der Waals surface area (Å²) in [5.41, 5.74) is 1.60. The summed E-state index contributed by atoms with van der Waals surface area (Å²) in [6.07, 6.45) is 13.6. The van der Waals surface area contributed by atoms with Gasteiger partial charge < -0.3 is 5.32 Å². The van der Waals surface area contributed by atoms with Gasteiger partial charge in [-0.05, 0) is 32.2 Å². The van der Waals surface area contributed by atoms with E-state index in [1.807, 2.05) is 0 Å². The summed E-state index contributed by atoms with van der Waals surface area (Å²) < 4.78 is 0. The summed E-state index contributed by atoms with van der Waals surface area (Å²) in [5.74, 6) is 2.57. The number of nitrogens with one attached hydrogen (secondary N) is 1. The maximum atomic E-state index is 5.13. The van der Waals surface area contributed by atoms with E-state index in [1.54, 1.807) is 5.57 Å². The van der Waals surface area contributed by atoms with E-state index in [1.165, 1.54) is 32.1 Å². The highest BCUT2D eigenvalue weighted by molar-refractivity contribution is 5.00. The lowest BCUT2D eigenvalue weighted by Crippen LogP contribution is -2.14. The molecule has 0 radical (unpaired) electrons. The Bertz CT molecular complexity index is 186. The second-order valence-corrected chi connectivity index (χ2v) is 3.49. The van der Waals surface area contributed by atoms with E-state index >= 15 is 0 Å². The van der Waals surface area contributed by atoms with E-state index in [2.05, 4.69) is 31.2 Å². The first kappa shape index (κ1) is 13.3. The zero-order valence-electron chi connectivity index (χ0n) is 9.60. The topological polar surface area (TPSA) is 12.0 Å². The maximum Gasteiger partial charge on any atom is 0.0573 e. The highest BCUT2D eigenvalue weighted by Gasteiger charge is 1.91. The van der Waals surface area contributed by atoms with Crippen LogP contribution in [0.25, 0.3) is 0 Å². The summed E-state index contributed by atoms with van der Waals surface area (Å²) in [6, 6.07) is 0. The van der Waals surface area contributed by atoms with Crippen molar-refractivity contribution in [1.29, 1.82) is 0 Å². The van der Waals surface area contributed by atoms with Gasteiger partial charge in [0.1, 0.15) is 0 Å². The molecule has 0 saturated heterocycles. The van der Waals surface area contributed by atoms with Crippen molar-refractivity contribution in [3.05, 3.63) is 11.6 Å². The van der Waals surface area contributed by atoms with E-state index in [-0.39, 0.29) is 0 Å². The summed E-state index contributed by atoms with van der Waals surface area (Å²) in [5, 5.41) is 3.19. The minimum absolute atomic E-state index is 0.694. The first-order chi connectivity index (χ1) is 6.85. The Labute approximate surface area is 89.0 Å². The Hall–Kier alpha value is -0.740. The third-order valence-electron chi connectivity index (χ3n) is 2.24. The fraction of sp³-hybridized carbons (Fsp3) is 0.692. The molecule has 0 amide bonds. The molecule has 0 aliphatic heterocycles. The van der Waals surface area contributed by atoms with Crippen molar-refractivity contribution in [2.45, 2.75) is 46.0 Å². The van der Waals surface area contributed by atoms with Crippen LogP contribution in [0.1, 0.15) is 46.0 Å². The molecule has 0 spiro atoms. The van der Waals surface area contributed by atoms with Gasteiger partial charge in [-0.25, -0.2) is 0 Å². The highest BCUT2D eigenvalue weighted by Crippen LogP contribution is 2.10. The van der Waals surface area contributed by atoms with Gasteiger partial charge in [-0.3, -0.25) is 0 Å². The van der Waals surface area contributed by atoms with Crippen LogP contribution >= 0.6 is 0 Å². The summed E-state index contributed by atoms with van der Waals surface area (Å²) in [4.78, 5) is 0. The fourth-order valence-electron chi connectivity index (χ4n) is 1.44. The molecule has 1 N–H and O–H groups in total. The summed E-state index contributed by atoms with van der Waals surface area (Å²) >= 11 is 0. The SMILES string of the molecule is C#CCNCCC/C=C(\CC)CCC. The number of allylic oxidation sites excluding steroid dienone is 2. The van der Waals surface area contributed by atoms with Crippen LogP contribution in [0, 0.1) is 12.3 Å². The van der Waals surface area contributed by atoms with Crippen LogP contribution in [0.5, 0.6) is 0 Å². The van der Waals surface area contributed by atoms with Crippen LogP contribution in [-0.4, -0.2) is 13.1 Å². The van der Waals surface area contributed by atoms with Gasteiger partial charge in [-0.15, -0.1) is 6.42 Å². The normalized spacial score (nSPS) is 11.4. The average molecular weight is 193 g/mol. The van der Waals surface area contributed by atoms with Gasteiger partial charge in [0.2, 0.25) is 0 Å². The van der Waals surface area contributed by atoms with Crippen molar-refractivity contribution >= 4 is 0 Å². The van der Waals surface area contributed by atoms with Crippen LogP contribution < -0.4 is 5.32 Å². The lowest BCUT2D eigenvalue weighted by molar-refractivity contribution is 0.702. The fourth-order valence-corrected chi connectivity index (χ4v) is 1.44. The quantitative estimate of drug-likeness (QED) is 0.355. The number of hydrogen-bond acceptors (Lipinski definition) is 1. The Morgan fingerprint density at radius 2 is 2.21 bits per heavy atom. The van der Waals surface area contributed by atoms with Crippen LogP contribution in [0.15, 0.2) is 11.6 Å². The number of hydrogen-bond donors (Lipinski definition) is 1. The summed E-state index contributed by atoms with van der Waals surface area (Å²) in [7, 11) is 0. The number of terminal acetylenes is 1. The minimum Gasteiger partial charge on any atom is -0.306 e. The van der Waals surface area contributed by atoms with E-state index in [0.29, 0.717) is 6.54 Å². The first-order valence-corrected chi connectivity index (χ1v) is 5.67. The monoisotopic (exact) mass is 193 g/mol. The lowest BCUT2D eigenvalue weighted by Gasteiger charge is -2.02. The Balaban J connectivity index is 3.43. The molecular formula is C13H23N. The van der Waals surface area contributed by atoms with Gasteiger partial charge in [0.15, 0.2) is 0 Å². The molecule has 1 nitrogen and oxygen atoms in total. The van der Waals surface area contributed by atoms with Gasteiger partial charge in [0.25, 0.3) is 0 Å². The largest absolute Gasteiger partial charge is 0.306 e. The van der Waals surface area contributed by atoms with Crippen molar-refractivity contribution in [1.82, 2.24) is 5.32 Å². The van der Waals surface area contributed by atoms with Crippen LogP contribution in [-0.2, 0) is 0 Å². The molecule has 0 aliphatic rings. The number of unbranched alkanes of at least 4 members (excludes halogenated alkanes) is 1. The molecule has 0 heterocycles. The second kappa shape index (κ2) is 10.3. The summed E-state index contributed by atoms with van der Waals surface area (Å²) in [6.45, 7) is 6.19. The molecule has 0 saturated carbocycles. The molecule has 1 heteroatoms. The molecule has 0 aromatic heterocycles. The zero-order valence-corrected chi connectivity index (χ0v) is 9.60. The molecule has 0 aliphatic carbocycles. The third-order valence-corrected chi connectivity index (χ3v) is 2.24. The Morgan fingerprint density at radius 1 is 1.43 bits per heavy atom. The molecule has 80 valence electrons. The van der Waals surface area contributed by atoms with E-state index in [4.69, 9.17) is 6.42 Å². The van der Waals surface area contributed by atoms with Crippen molar-refractivity contribution in [2.75, 3.05) is 13.1 Å². The van der Waals surface area contributed by atoms with Crippen LogP contribution in [0.3, 0.4) is 0 Å². The molecule has 0 fully saturated rings. The van der Waals surface area contributed by atoms with Crippen molar-refractivity contribution in [2.24, 2.45) is 0 Å². The lowest BCUT2D eigenvalue weighted by atomic mass is 10.1.